The van der Waals surface area contributed by atoms with Crippen molar-refractivity contribution in [2.24, 2.45) is 0 Å². The van der Waals surface area contributed by atoms with E-state index in [0.717, 1.165) is 11.3 Å². The van der Waals surface area contributed by atoms with E-state index in [1.807, 2.05) is 6.92 Å². The second-order valence-corrected chi connectivity index (χ2v) is 6.26. The molecule has 0 heterocycles. The van der Waals surface area contributed by atoms with Crippen molar-refractivity contribution in [1.82, 2.24) is 4.72 Å². The number of anilines is 1. The third kappa shape index (κ3) is 3.61. The Balaban J connectivity index is 2.20. The van der Waals surface area contributed by atoms with Crippen molar-refractivity contribution in [2.75, 3.05) is 12.4 Å². The molecule has 0 bridgehead atoms. The van der Waals surface area contributed by atoms with Crippen LogP contribution in [0.2, 0.25) is 0 Å². The molecule has 5 nitrogen and oxygen atoms in total. The molecule has 6 heteroatoms. The highest BCUT2D eigenvalue weighted by Gasteiger charge is 2.18. The molecule has 2 aromatic carbocycles. The highest BCUT2D eigenvalue weighted by Crippen LogP contribution is 2.14. The topological polar surface area (TPSA) is 75.3 Å². The molecule has 21 heavy (non-hydrogen) atoms. The van der Waals surface area contributed by atoms with Crippen LogP contribution < -0.4 is 10.0 Å². The Labute approximate surface area is 124 Å². The van der Waals surface area contributed by atoms with Crippen molar-refractivity contribution in [3.63, 3.8) is 0 Å². The van der Waals surface area contributed by atoms with Gasteiger partial charge in [0.1, 0.15) is 0 Å². The van der Waals surface area contributed by atoms with Crippen molar-refractivity contribution in [3.05, 3.63) is 59.7 Å². The number of carbonyl (C=O) groups is 1. The number of hydrogen-bond acceptors (Lipinski definition) is 4. The van der Waals surface area contributed by atoms with E-state index in [1.54, 1.807) is 43.4 Å². The Kier molecular flexibility index (Phi) is 4.28. The van der Waals surface area contributed by atoms with Gasteiger partial charge in [-0.25, -0.2) is 13.1 Å². The first-order valence-corrected chi connectivity index (χ1v) is 7.82. The minimum Gasteiger partial charge on any atom is -0.388 e. The first kappa shape index (κ1) is 15.1. The summed E-state index contributed by atoms with van der Waals surface area (Å²) in [5.41, 5.74) is 2.09. The molecule has 0 aliphatic heterocycles. The zero-order chi connectivity index (χ0) is 15.5. The average molecular weight is 304 g/mol. The van der Waals surface area contributed by atoms with Gasteiger partial charge < -0.3 is 5.32 Å². The maximum atomic E-state index is 12.1. The van der Waals surface area contributed by atoms with Crippen molar-refractivity contribution in [2.45, 2.75) is 11.8 Å². The summed E-state index contributed by atoms with van der Waals surface area (Å²) in [6, 6.07) is 12.8. The summed E-state index contributed by atoms with van der Waals surface area (Å²) in [5.74, 6) is -0.646. The van der Waals surface area contributed by atoms with Gasteiger partial charge in [-0.15, -0.1) is 0 Å². The molecule has 2 rings (SSSR count). The molecule has 0 aromatic heterocycles. The van der Waals surface area contributed by atoms with Gasteiger partial charge in [-0.3, -0.25) is 4.79 Å². The molecular formula is C15H16N2O3S. The fraction of sp³-hybridized carbons (Fsp3) is 0.133. The lowest BCUT2D eigenvalue weighted by molar-refractivity contribution is 0.0981. The van der Waals surface area contributed by atoms with Crippen LogP contribution in [0, 0.1) is 6.92 Å². The summed E-state index contributed by atoms with van der Waals surface area (Å²) in [5, 5.41) is 2.90. The predicted molar refractivity (Wildman–Crippen MR) is 81.8 cm³/mol. The van der Waals surface area contributed by atoms with Crippen LogP contribution >= 0.6 is 0 Å². The lowest BCUT2D eigenvalue weighted by Crippen LogP contribution is -2.30. The second-order valence-electron chi connectivity index (χ2n) is 4.58. The van der Waals surface area contributed by atoms with Crippen LogP contribution in [-0.4, -0.2) is 21.4 Å². The SMILES string of the molecule is CNc1ccc(S(=O)(=O)NC(=O)c2ccc(C)cc2)cc1. The van der Waals surface area contributed by atoms with Crippen LogP contribution in [-0.2, 0) is 10.0 Å². The van der Waals surface area contributed by atoms with E-state index in [-0.39, 0.29) is 4.90 Å². The van der Waals surface area contributed by atoms with Gasteiger partial charge in [0.25, 0.3) is 15.9 Å². The van der Waals surface area contributed by atoms with Crippen LogP contribution in [0.5, 0.6) is 0 Å². The first-order valence-electron chi connectivity index (χ1n) is 6.34. The zero-order valence-electron chi connectivity index (χ0n) is 11.8. The summed E-state index contributed by atoms with van der Waals surface area (Å²) >= 11 is 0. The number of benzene rings is 2. The Morgan fingerprint density at radius 1 is 0.952 bits per heavy atom. The lowest BCUT2D eigenvalue weighted by atomic mass is 10.1. The van der Waals surface area contributed by atoms with Gasteiger partial charge >= 0.3 is 0 Å². The molecule has 0 saturated heterocycles. The summed E-state index contributed by atoms with van der Waals surface area (Å²) in [6.07, 6.45) is 0. The molecule has 0 aliphatic rings. The fourth-order valence-electron chi connectivity index (χ4n) is 1.75. The van der Waals surface area contributed by atoms with Gasteiger partial charge in [0.2, 0.25) is 0 Å². The largest absolute Gasteiger partial charge is 0.388 e. The highest BCUT2D eigenvalue weighted by molar-refractivity contribution is 7.90. The number of nitrogens with one attached hydrogen (secondary N) is 2. The van der Waals surface area contributed by atoms with Crippen molar-refractivity contribution < 1.29 is 13.2 Å². The van der Waals surface area contributed by atoms with Gasteiger partial charge in [-0.1, -0.05) is 17.7 Å². The van der Waals surface area contributed by atoms with E-state index < -0.39 is 15.9 Å². The number of carbonyl (C=O) groups excluding carboxylic acids is 1. The third-order valence-electron chi connectivity index (χ3n) is 2.99. The molecule has 0 aliphatic carbocycles. The van der Waals surface area contributed by atoms with Crippen LogP contribution in [0.15, 0.2) is 53.4 Å². The lowest BCUT2D eigenvalue weighted by Gasteiger charge is -2.08. The van der Waals surface area contributed by atoms with Crippen LogP contribution in [0.4, 0.5) is 5.69 Å². The maximum absolute atomic E-state index is 12.1. The van der Waals surface area contributed by atoms with E-state index in [0.29, 0.717) is 5.56 Å². The molecule has 0 fully saturated rings. The van der Waals surface area contributed by atoms with Gasteiger partial charge in [-0.2, -0.15) is 0 Å². The minimum atomic E-state index is -3.87. The van der Waals surface area contributed by atoms with Crippen molar-refractivity contribution in [3.8, 4) is 0 Å². The van der Waals surface area contributed by atoms with E-state index in [2.05, 4.69) is 10.0 Å². The van der Waals surface area contributed by atoms with E-state index in [1.165, 1.54) is 12.1 Å². The van der Waals surface area contributed by atoms with E-state index in [4.69, 9.17) is 0 Å². The number of sulfonamides is 1. The predicted octanol–water partition coefficient (Wildman–Crippen LogP) is 2.16. The maximum Gasteiger partial charge on any atom is 0.264 e. The van der Waals surface area contributed by atoms with Gasteiger partial charge in [0, 0.05) is 18.3 Å². The molecule has 2 aromatic rings. The van der Waals surface area contributed by atoms with Crippen molar-refractivity contribution in [1.29, 1.82) is 0 Å². The summed E-state index contributed by atoms with van der Waals surface area (Å²) in [7, 11) is -2.13. The van der Waals surface area contributed by atoms with E-state index >= 15 is 0 Å². The monoisotopic (exact) mass is 304 g/mol. The molecule has 0 saturated carbocycles. The molecule has 1 amide bonds. The van der Waals surface area contributed by atoms with Crippen LogP contribution in [0.3, 0.4) is 0 Å². The molecule has 110 valence electrons. The molecule has 0 radical (unpaired) electrons. The van der Waals surface area contributed by atoms with Crippen molar-refractivity contribution >= 4 is 21.6 Å². The number of rotatable bonds is 4. The Morgan fingerprint density at radius 2 is 1.52 bits per heavy atom. The molecule has 0 spiro atoms. The number of aryl methyl sites for hydroxylation is 1. The van der Waals surface area contributed by atoms with Crippen LogP contribution in [0.1, 0.15) is 15.9 Å². The Morgan fingerprint density at radius 3 is 2.05 bits per heavy atom. The fourth-order valence-corrected chi connectivity index (χ4v) is 2.72. The third-order valence-corrected chi connectivity index (χ3v) is 4.34. The zero-order valence-corrected chi connectivity index (χ0v) is 12.6. The molecule has 2 N–H and O–H groups in total. The van der Waals surface area contributed by atoms with E-state index in [9.17, 15) is 13.2 Å². The normalized spacial score (nSPS) is 11.0. The quantitative estimate of drug-likeness (QED) is 0.907. The van der Waals surface area contributed by atoms with Gasteiger partial charge in [0.15, 0.2) is 0 Å². The second kappa shape index (κ2) is 5.97. The standard InChI is InChI=1S/C15H16N2O3S/c1-11-3-5-12(6-4-11)15(18)17-21(19,20)14-9-7-13(16-2)8-10-14/h3-10,16H,1-2H3,(H,17,18). The van der Waals surface area contributed by atoms with Gasteiger partial charge in [0.05, 0.1) is 4.90 Å². The first-order chi connectivity index (χ1) is 9.92. The van der Waals surface area contributed by atoms with Gasteiger partial charge in [-0.05, 0) is 43.3 Å². The average Bonchev–Trinajstić information content (AvgIpc) is 2.47. The molecular weight excluding hydrogens is 288 g/mol. The highest BCUT2D eigenvalue weighted by atomic mass is 32.2. The summed E-state index contributed by atoms with van der Waals surface area (Å²) in [6.45, 7) is 1.89. The Hall–Kier alpha value is -2.34. The smallest absolute Gasteiger partial charge is 0.264 e. The minimum absolute atomic E-state index is 0.0435. The number of hydrogen-bond donors (Lipinski definition) is 2. The molecule has 0 atom stereocenters. The summed E-state index contributed by atoms with van der Waals surface area (Å²) < 4.78 is 26.3. The summed E-state index contributed by atoms with van der Waals surface area (Å²) in [4.78, 5) is 12.0. The Bertz CT molecular complexity index is 735. The van der Waals surface area contributed by atoms with Crippen LogP contribution in [0.25, 0.3) is 0 Å². The number of amides is 1. The molecule has 0 unspecified atom stereocenters.